The third-order valence-corrected chi connectivity index (χ3v) is 20.0. The second kappa shape index (κ2) is 21.1. The Morgan fingerprint density at radius 3 is 1.85 bits per heavy atom. The first kappa shape index (κ1) is 54.5. The monoisotopic (exact) mass is 1030 g/mol. The lowest BCUT2D eigenvalue weighted by Crippen LogP contribution is -2.68. The molecule has 4 aliphatic carbocycles. The molecule has 2 unspecified atom stereocenters. The van der Waals surface area contributed by atoms with E-state index in [4.69, 9.17) is 47.4 Å². The molecule has 6 heterocycles. The van der Waals surface area contributed by atoms with Gasteiger partial charge in [-0.1, -0.05) is 27.7 Å². The van der Waals surface area contributed by atoms with Crippen molar-refractivity contribution >= 4 is 0 Å². The molecule has 72 heavy (non-hydrogen) atoms. The predicted octanol–water partition coefficient (Wildman–Crippen LogP) is -2.27. The van der Waals surface area contributed by atoms with Crippen LogP contribution in [0.15, 0.2) is 0 Å². The van der Waals surface area contributed by atoms with Gasteiger partial charge < -0.3 is 109 Å². The number of rotatable bonds is 11. The quantitative estimate of drug-likeness (QED) is 0.0971. The molecule has 10 rings (SSSR count). The van der Waals surface area contributed by atoms with Gasteiger partial charge in [-0.3, -0.25) is 0 Å². The van der Waals surface area contributed by atoms with E-state index < -0.39 is 149 Å². The van der Waals surface area contributed by atoms with Crippen molar-refractivity contribution < 1.29 is 109 Å². The Hall–Kier alpha value is -0.880. The van der Waals surface area contributed by atoms with Gasteiger partial charge in [0.15, 0.2) is 30.9 Å². The summed E-state index contributed by atoms with van der Waals surface area (Å²) in [5, 5.41) is 129. The van der Waals surface area contributed by atoms with E-state index >= 15 is 0 Å². The molecular formula is C50H82O22. The molecule has 0 aromatic heterocycles. The van der Waals surface area contributed by atoms with Crippen LogP contribution in [0, 0.1) is 52.3 Å². The minimum Gasteiger partial charge on any atom is -0.394 e. The average Bonchev–Trinajstić information content (AvgIpc) is 3.82. The molecule has 31 atom stereocenters. The van der Waals surface area contributed by atoms with E-state index in [0.29, 0.717) is 47.8 Å². The molecule has 10 fully saturated rings. The molecule has 1 spiro atoms. The van der Waals surface area contributed by atoms with Crippen molar-refractivity contribution in [1.82, 2.24) is 0 Å². The zero-order chi connectivity index (χ0) is 51.3. The Labute approximate surface area is 419 Å². The van der Waals surface area contributed by atoms with Crippen LogP contribution in [0.5, 0.6) is 0 Å². The van der Waals surface area contributed by atoms with E-state index in [1.165, 1.54) is 12.8 Å². The first-order valence-electron chi connectivity index (χ1n) is 26.7. The third kappa shape index (κ3) is 9.26. The lowest BCUT2D eigenvalue weighted by molar-refractivity contribution is -0.404. The molecule has 0 amide bonds. The molecule has 22 heteroatoms. The fourth-order valence-electron chi connectivity index (χ4n) is 15.9. The van der Waals surface area contributed by atoms with Crippen LogP contribution in [0.25, 0.3) is 0 Å². The van der Waals surface area contributed by atoms with Crippen molar-refractivity contribution in [2.24, 2.45) is 52.3 Å². The van der Waals surface area contributed by atoms with Crippen LogP contribution >= 0.6 is 0 Å². The summed E-state index contributed by atoms with van der Waals surface area (Å²) in [4.78, 5) is 0. The maximum Gasteiger partial charge on any atom is 0.187 e. The van der Waals surface area contributed by atoms with Gasteiger partial charge in [-0.15, -0.1) is 0 Å². The largest absolute Gasteiger partial charge is 0.394 e. The van der Waals surface area contributed by atoms with Crippen LogP contribution in [-0.2, 0) is 47.4 Å². The third-order valence-electron chi connectivity index (χ3n) is 20.0. The molecule has 10 aliphatic rings. The first-order valence-corrected chi connectivity index (χ1v) is 26.7. The Morgan fingerprint density at radius 2 is 1.14 bits per heavy atom. The average molecular weight is 1040 g/mol. The summed E-state index contributed by atoms with van der Waals surface area (Å²) in [6.45, 7) is 7.42. The van der Waals surface area contributed by atoms with Crippen LogP contribution in [0.1, 0.15) is 91.9 Å². The van der Waals surface area contributed by atoms with Gasteiger partial charge in [-0.2, -0.15) is 0 Å². The van der Waals surface area contributed by atoms with Gasteiger partial charge in [0.05, 0.1) is 45.2 Å². The van der Waals surface area contributed by atoms with Crippen LogP contribution in [0.4, 0.5) is 0 Å². The maximum atomic E-state index is 11.8. The number of fused-ring (bicyclic) bond motifs is 7. The summed E-state index contributed by atoms with van der Waals surface area (Å²) in [7, 11) is 0. The summed E-state index contributed by atoms with van der Waals surface area (Å²) >= 11 is 0. The summed E-state index contributed by atoms with van der Waals surface area (Å²) < 4.78 is 61.4. The summed E-state index contributed by atoms with van der Waals surface area (Å²) in [6.07, 6.45) is -22.9. The number of hydrogen-bond donors (Lipinski definition) is 12. The lowest BCUT2D eigenvalue weighted by atomic mass is 9.44. The molecule has 0 aromatic rings. The molecule has 0 bridgehead atoms. The van der Waals surface area contributed by atoms with Gasteiger partial charge in [0.2, 0.25) is 0 Å². The molecular weight excluding hydrogens is 953 g/mol. The highest BCUT2D eigenvalue weighted by molar-refractivity contribution is 5.15. The summed E-state index contributed by atoms with van der Waals surface area (Å²) in [6, 6.07) is 0. The van der Waals surface area contributed by atoms with Crippen molar-refractivity contribution in [3.05, 3.63) is 0 Å². The van der Waals surface area contributed by atoms with E-state index in [9.17, 15) is 61.3 Å². The van der Waals surface area contributed by atoms with Crippen LogP contribution in [0.3, 0.4) is 0 Å². The molecule has 4 saturated carbocycles. The first-order chi connectivity index (χ1) is 34.3. The molecule has 6 aliphatic heterocycles. The highest BCUT2D eigenvalue weighted by Gasteiger charge is 2.69. The number of ether oxygens (including phenoxy) is 10. The summed E-state index contributed by atoms with van der Waals surface area (Å²) in [5.41, 5.74) is 0.293. The molecule has 0 aromatic carbocycles. The Kier molecular flexibility index (Phi) is 15.9. The highest BCUT2D eigenvalue weighted by Crippen LogP contribution is 2.71. The van der Waals surface area contributed by atoms with Gasteiger partial charge in [0, 0.05) is 12.3 Å². The van der Waals surface area contributed by atoms with Crippen molar-refractivity contribution in [2.75, 3.05) is 33.0 Å². The van der Waals surface area contributed by atoms with Gasteiger partial charge >= 0.3 is 0 Å². The zero-order valence-electron chi connectivity index (χ0n) is 41.7. The Morgan fingerprint density at radius 1 is 0.514 bits per heavy atom. The maximum absolute atomic E-state index is 11.8. The molecule has 414 valence electrons. The van der Waals surface area contributed by atoms with Gasteiger partial charge in [0.1, 0.15) is 91.6 Å². The van der Waals surface area contributed by atoms with Crippen molar-refractivity contribution in [3.8, 4) is 0 Å². The highest BCUT2D eigenvalue weighted by atomic mass is 16.8. The van der Waals surface area contributed by atoms with Crippen LogP contribution in [-0.4, -0.2) is 229 Å². The van der Waals surface area contributed by atoms with Gasteiger partial charge in [-0.05, 0) is 104 Å². The molecule has 12 N–H and O–H groups in total. The van der Waals surface area contributed by atoms with Crippen LogP contribution < -0.4 is 0 Å². The SMILES string of the molecule is C[C@@H]1CC[C@@]2(OC1)O[C@H]1C[C@H]3[C@@H]4CCC5CC(O[C@H]6O[C@H](CO)[C@H](O[C@H]7O[C@H](CO)[C@@H](O)[C@H](O[C@H]8OC[C@@H](O)[C@H](O)[C@H]8O)[C@H]7O[C@H]7O[C@H](CO)[C@@H](O)[C@H](O)[C@H]7O)[C@H](O)[C@H]6O)CC[C@]5(C)[C@H]4CC[C@]3(C)[C@H]1[C@@H]2C. The summed E-state index contributed by atoms with van der Waals surface area (Å²) in [5.74, 6) is 3.06. The Bertz CT molecular complexity index is 1830. The predicted molar refractivity (Wildman–Crippen MR) is 242 cm³/mol. The van der Waals surface area contributed by atoms with Crippen molar-refractivity contribution in [1.29, 1.82) is 0 Å². The van der Waals surface area contributed by atoms with E-state index in [-0.39, 0.29) is 23.0 Å². The molecule has 0 radical (unpaired) electrons. The van der Waals surface area contributed by atoms with Gasteiger partial charge in [0.25, 0.3) is 0 Å². The number of aliphatic hydroxyl groups excluding tert-OH is 12. The number of aliphatic hydroxyl groups is 12. The van der Waals surface area contributed by atoms with Crippen molar-refractivity contribution in [3.63, 3.8) is 0 Å². The van der Waals surface area contributed by atoms with Crippen LogP contribution in [0.2, 0.25) is 0 Å². The van der Waals surface area contributed by atoms with Crippen molar-refractivity contribution in [2.45, 2.75) is 227 Å². The minimum atomic E-state index is -2.00. The minimum absolute atomic E-state index is 0.0916. The van der Waals surface area contributed by atoms with Gasteiger partial charge in [-0.25, -0.2) is 0 Å². The standard InChI is InChI=1S/C50H82O22/c1-20-7-12-50(64-18-20)21(2)32-28(72-50)14-26-24-6-5-22-13-23(8-10-48(22,3)25(24)9-11-49(26,32)4)65-45-40(62)37(59)41(31(17-53)68-45)69-47-43(71-46-39(61)36(58)34(56)29(15-51)66-46)42(35(57)30(16-52)67-47)70-44-38(60)33(55)27(54)19-63-44/h20-47,51-62H,5-19H2,1-4H3/t20-,21+,22?,23?,24-,25+,26+,27-,28+,29-,30-,31-,32+,33+,34-,35-,36+,37-,38-,39-,40-,41+,42+,43-,44-,45+,46-,47-,48+,49+,50-/m1/s1. The molecule has 22 nitrogen and oxygen atoms in total. The number of hydrogen-bond acceptors (Lipinski definition) is 22. The zero-order valence-corrected chi connectivity index (χ0v) is 41.7. The Balaban J connectivity index is 0.812. The fraction of sp³-hybridized carbons (Fsp3) is 1.00. The second-order valence-corrected chi connectivity index (χ2v) is 23.9. The van der Waals surface area contributed by atoms with E-state index in [1.54, 1.807) is 0 Å². The lowest BCUT2D eigenvalue weighted by Gasteiger charge is -2.61. The molecule has 6 saturated heterocycles. The second-order valence-electron chi connectivity index (χ2n) is 23.9. The van der Waals surface area contributed by atoms with E-state index in [2.05, 4.69) is 27.7 Å². The van der Waals surface area contributed by atoms with E-state index in [1.807, 2.05) is 0 Å². The topological polar surface area (TPSA) is 335 Å². The van der Waals surface area contributed by atoms with E-state index in [0.717, 1.165) is 51.6 Å². The smallest absolute Gasteiger partial charge is 0.187 e. The fourth-order valence-corrected chi connectivity index (χ4v) is 15.9. The normalized spacial score (nSPS) is 57.8.